The zero-order valence-electron chi connectivity index (χ0n) is 9.36. The second kappa shape index (κ2) is 3.91. The minimum atomic E-state index is -2.21. The summed E-state index contributed by atoms with van der Waals surface area (Å²) < 4.78 is 25.9. The summed E-state index contributed by atoms with van der Waals surface area (Å²) in [6.45, 7) is 2.87. The molecule has 1 fully saturated rings. The first kappa shape index (κ1) is 10.9. The van der Waals surface area contributed by atoms with Gasteiger partial charge < -0.3 is 4.90 Å². The molecule has 0 unspecified atom stereocenters. The number of para-hydroxylation sites is 1. The first-order chi connectivity index (χ1) is 8.15. The van der Waals surface area contributed by atoms with Gasteiger partial charge in [-0.15, -0.1) is 0 Å². The van der Waals surface area contributed by atoms with Gasteiger partial charge in [0.1, 0.15) is 0 Å². The van der Waals surface area contributed by atoms with Gasteiger partial charge in [-0.05, 0) is 18.6 Å². The molecule has 90 valence electrons. The van der Waals surface area contributed by atoms with Crippen LogP contribution in [0, 0.1) is 12.8 Å². The van der Waals surface area contributed by atoms with Crippen molar-refractivity contribution in [3.8, 4) is 0 Å². The van der Waals surface area contributed by atoms with Crippen molar-refractivity contribution in [3.63, 3.8) is 0 Å². The zero-order chi connectivity index (χ0) is 12.0. The fraction of sp³-hybridized carbons (Fsp3) is 0.417. The second-order valence-corrected chi connectivity index (χ2v) is 5.43. The smallest absolute Gasteiger partial charge is 0.244 e. The maximum absolute atomic E-state index is 12.4. The number of hydrogen-bond acceptors (Lipinski definition) is 3. The molecule has 0 N–H and O–H groups in total. The SMILES string of the molecule is Cc1cccc2sc(N3CC(C(F)F)C3)nc12. The third-order valence-electron chi connectivity index (χ3n) is 3.15. The summed E-state index contributed by atoms with van der Waals surface area (Å²) >= 11 is 1.58. The number of benzene rings is 1. The van der Waals surface area contributed by atoms with Crippen LogP contribution in [-0.2, 0) is 0 Å². The summed E-state index contributed by atoms with van der Waals surface area (Å²) in [6, 6.07) is 6.04. The molecular formula is C12H12F2N2S. The molecular weight excluding hydrogens is 242 g/mol. The van der Waals surface area contributed by atoms with Crippen molar-refractivity contribution < 1.29 is 8.78 Å². The first-order valence-corrected chi connectivity index (χ1v) is 6.36. The third-order valence-corrected chi connectivity index (χ3v) is 4.23. The molecule has 2 nitrogen and oxygen atoms in total. The zero-order valence-corrected chi connectivity index (χ0v) is 10.2. The molecule has 17 heavy (non-hydrogen) atoms. The van der Waals surface area contributed by atoms with Crippen LogP contribution in [0.2, 0.25) is 0 Å². The Balaban J connectivity index is 1.86. The van der Waals surface area contributed by atoms with Gasteiger partial charge >= 0.3 is 0 Å². The summed E-state index contributed by atoms with van der Waals surface area (Å²) in [5, 5.41) is 0.867. The van der Waals surface area contributed by atoms with Crippen LogP contribution in [0.25, 0.3) is 10.2 Å². The molecule has 1 aromatic carbocycles. The highest BCUT2D eigenvalue weighted by Crippen LogP contribution is 2.35. The molecule has 0 radical (unpaired) electrons. The number of thiazole rings is 1. The molecule has 2 heterocycles. The molecule has 0 spiro atoms. The van der Waals surface area contributed by atoms with Gasteiger partial charge in [0.15, 0.2) is 5.13 Å². The number of rotatable bonds is 2. The summed E-state index contributed by atoms with van der Waals surface area (Å²) in [4.78, 5) is 6.46. The number of aryl methyl sites for hydroxylation is 1. The van der Waals surface area contributed by atoms with Crippen molar-refractivity contribution in [2.24, 2.45) is 5.92 Å². The fourth-order valence-corrected chi connectivity index (χ4v) is 3.10. The normalized spacial score (nSPS) is 16.8. The lowest BCUT2D eigenvalue weighted by atomic mass is 10.0. The van der Waals surface area contributed by atoms with Crippen LogP contribution >= 0.6 is 11.3 Å². The number of aromatic nitrogens is 1. The molecule has 1 aliphatic rings. The maximum Gasteiger partial charge on any atom is 0.244 e. The van der Waals surface area contributed by atoms with E-state index in [4.69, 9.17) is 0 Å². The Labute approximate surface area is 102 Å². The summed E-state index contributed by atoms with van der Waals surface area (Å²) in [6.07, 6.45) is -2.21. The Hall–Kier alpha value is -1.23. The average molecular weight is 254 g/mol. The van der Waals surface area contributed by atoms with Crippen LogP contribution in [0.15, 0.2) is 18.2 Å². The van der Waals surface area contributed by atoms with Crippen LogP contribution in [0.5, 0.6) is 0 Å². The van der Waals surface area contributed by atoms with Crippen LogP contribution in [0.4, 0.5) is 13.9 Å². The number of alkyl halides is 2. The van der Waals surface area contributed by atoms with Gasteiger partial charge in [0.25, 0.3) is 0 Å². The van der Waals surface area contributed by atoms with E-state index >= 15 is 0 Å². The van der Waals surface area contributed by atoms with E-state index in [0.717, 1.165) is 20.9 Å². The lowest BCUT2D eigenvalue weighted by Gasteiger charge is -2.38. The molecule has 0 atom stereocenters. The molecule has 0 bridgehead atoms. The van der Waals surface area contributed by atoms with E-state index in [1.165, 1.54) is 0 Å². The van der Waals surface area contributed by atoms with E-state index in [1.54, 1.807) is 11.3 Å². The van der Waals surface area contributed by atoms with Crippen LogP contribution in [0.1, 0.15) is 5.56 Å². The van der Waals surface area contributed by atoms with Crippen LogP contribution in [-0.4, -0.2) is 24.5 Å². The van der Waals surface area contributed by atoms with Gasteiger partial charge in [0.05, 0.1) is 16.1 Å². The van der Waals surface area contributed by atoms with Crippen molar-refractivity contribution in [1.82, 2.24) is 4.98 Å². The van der Waals surface area contributed by atoms with E-state index in [9.17, 15) is 8.78 Å². The van der Waals surface area contributed by atoms with E-state index in [2.05, 4.69) is 4.98 Å². The maximum atomic E-state index is 12.4. The van der Waals surface area contributed by atoms with Crippen molar-refractivity contribution in [2.75, 3.05) is 18.0 Å². The van der Waals surface area contributed by atoms with Crippen molar-refractivity contribution in [3.05, 3.63) is 23.8 Å². The van der Waals surface area contributed by atoms with Gasteiger partial charge in [-0.1, -0.05) is 23.5 Å². The monoisotopic (exact) mass is 254 g/mol. The first-order valence-electron chi connectivity index (χ1n) is 5.54. The Morgan fingerprint density at radius 1 is 1.41 bits per heavy atom. The van der Waals surface area contributed by atoms with E-state index in [0.29, 0.717) is 13.1 Å². The molecule has 3 rings (SSSR count). The van der Waals surface area contributed by atoms with Crippen LogP contribution < -0.4 is 4.90 Å². The van der Waals surface area contributed by atoms with E-state index in [1.807, 2.05) is 30.0 Å². The number of anilines is 1. The summed E-state index contributed by atoms with van der Waals surface area (Å²) in [7, 11) is 0. The summed E-state index contributed by atoms with van der Waals surface area (Å²) in [5.74, 6) is -0.483. The molecule has 1 aliphatic heterocycles. The standard InChI is InChI=1S/C12H12F2N2S/c1-7-3-2-4-9-10(7)15-12(17-9)16-5-8(6-16)11(13)14/h2-4,8,11H,5-6H2,1H3. The molecule has 1 saturated heterocycles. The fourth-order valence-electron chi connectivity index (χ4n) is 2.04. The van der Waals surface area contributed by atoms with Gasteiger partial charge in [-0.25, -0.2) is 13.8 Å². The highest BCUT2D eigenvalue weighted by molar-refractivity contribution is 7.22. The van der Waals surface area contributed by atoms with Gasteiger partial charge in [-0.2, -0.15) is 0 Å². The quantitative estimate of drug-likeness (QED) is 0.817. The molecule has 0 aliphatic carbocycles. The number of fused-ring (bicyclic) bond motifs is 1. The largest absolute Gasteiger partial charge is 0.347 e. The van der Waals surface area contributed by atoms with Crippen molar-refractivity contribution >= 4 is 26.7 Å². The predicted octanol–water partition coefficient (Wildman–Crippen LogP) is 3.31. The van der Waals surface area contributed by atoms with Crippen LogP contribution in [0.3, 0.4) is 0 Å². The number of halogens is 2. The topological polar surface area (TPSA) is 16.1 Å². The molecule has 2 aromatic rings. The third kappa shape index (κ3) is 1.78. The Bertz CT molecular complexity index is 546. The van der Waals surface area contributed by atoms with E-state index in [-0.39, 0.29) is 0 Å². The average Bonchev–Trinajstić information content (AvgIpc) is 2.59. The Morgan fingerprint density at radius 2 is 2.18 bits per heavy atom. The minimum absolute atomic E-state index is 0.427. The van der Waals surface area contributed by atoms with E-state index < -0.39 is 12.3 Å². The molecule has 0 amide bonds. The van der Waals surface area contributed by atoms with Gasteiger partial charge in [0, 0.05) is 13.1 Å². The van der Waals surface area contributed by atoms with Crippen molar-refractivity contribution in [2.45, 2.75) is 13.3 Å². The highest BCUT2D eigenvalue weighted by Gasteiger charge is 2.35. The predicted molar refractivity (Wildman–Crippen MR) is 66.1 cm³/mol. The number of nitrogens with zero attached hydrogens (tertiary/aromatic N) is 2. The summed E-state index contributed by atoms with van der Waals surface area (Å²) in [5.41, 5.74) is 2.13. The van der Waals surface area contributed by atoms with Crippen molar-refractivity contribution in [1.29, 1.82) is 0 Å². The second-order valence-electron chi connectivity index (χ2n) is 4.42. The molecule has 1 aromatic heterocycles. The van der Waals surface area contributed by atoms with Gasteiger partial charge in [0.2, 0.25) is 6.43 Å². The number of hydrogen-bond donors (Lipinski definition) is 0. The Kier molecular flexibility index (Phi) is 2.50. The Morgan fingerprint density at radius 3 is 2.82 bits per heavy atom. The highest BCUT2D eigenvalue weighted by atomic mass is 32.1. The molecule has 0 saturated carbocycles. The lowest BCUT2D eigenvalue weighted by molar-refractivity contribution is 0.0614. The van der Waals surface area contributed by atoms with Gasteiger partial charge in [-0.3, -0.25) is 0 Å². The minimum Gasteiger partial charge on any atom is -0.347 e. The molecule has 5 heteroatoms. The lowest BCUT2D eigenvalue weighted by Crippen LogP contribution is -2.50.